The fourth-order valence-corrected chi connectivity index (χ4v) is 9.24. The van der Waals surface area contributed by atoms with Gasteiger partial charge >= 0.3 is 0 Å². The summed E-state index contributed by atoms with van der Waals surface area (Å²) in [6.45, 7) is 0. The van der Waals surface area contributed by atoms with E-state index in [1.807, 2.05) is 121 Å². The van der Waals surface area contributed by atoms with Crippen LogP contribution in [0.2, 0.25) is 0 Å². The maximum absolute atomic E-state index is 3.43. The molecule has 0 unspecified atom stereocenters. The molecule has 0 saturated heterocycles. The summed E-state index contributed by atoms with van der Waals surface area (Å²) in [5.74, 6) is 27.2. The highest BCUT2D eigenvalue weighted by molar-refractivity contribution is 6.15. The van der Waals surface area contributed by atoms with Crippen molar-refractivity contribution in [2.24, 2.45) is 0 Å². The second-order valence-electron chi connectivity index (χ2n) is 17.8. The van der Waals surface area contributed by atoms with Gasteiger partial charge in [-0.15, -0.1) is 0 Å². The lowest BCUT2D eigenvalue weighted by molar-refractivity contribution is 1.50. The third kappa shape index (κ3) is 10.7. The third-order valence-electron chi connectivity index (χ3n) is 12.8. The van der Waals surface area contributed by atoms with Crippen LogP contribution in [0.25, 0.3) is 66.8 Å². The minimum atomic E-state index is 0.935. The second-order valence-corrected chi connectivity index (χ2v) is 17.8. The van der Waals surface area contributed by atoms with Crippen LogP contribution < -0.4 is 0 Å². The van der Waals surface area contributed by atoms with Crippen molar-refractivity contribution in [1.29, 1.82) is 0 Å². The van der Waals surface area contributed by atoms with Gasteiger partial charge in [-0.2, -0.15) is 0 Å². The molecular formula is C74H46. The van der Waals surface area contributed by atoms with Crippen LogP contribution in [0, 0.1) is 47.4 Å². The van der Waals surface area contributed by atoms with Crippen molar-refractivity contribution in [2.75, 3.05) is 0 Å². The fraction of sp³-hybridized carbons (Fsp3) is 0. The van der Waals surface area contributed by atoms with Gasteiger partial charge in [0.15, 0.2) is 0 Å². The molecule has 0 heteroatoms. The number of benzene rings is 11. The first-order valence-corrected chi connectivity index (χ1v) is 24.7. The Balaban J connectivity index is 1.22. The Morgan fingerprint density at radius 1 is 0.122 bits per heavy atom. The highest BCUT2D eigenvalue weighted by Gasteiger charge is 2.29. The molecule has 0 N–H and O–H groups in total. The molecular weight excluding hydrogens is 889 g/mol. The first kappa shape index (κ1) is 46.1. The molecule has 0 amide bonds. The van der Waals surface area contributed by atoms with Gasteiger partial charge in [0.25, 0.3) is 0 Å². The van der Waals surface area contributed by atoms with Gasteiger partial charge in [0.2, 0.25) is 0 Å². The van der Waals surface area contributed by atoms with E-state index in [1.54, 1.807) is 0 Å². The van der Waals surface area contributed by atoms with E-state index in [1.165, 1.54) is 0 Å². The first-order chi connectivity index (χ1) is 36.7. The Morgan fingerprint density at radius 3 is 0.432 bits per heavy atom. The van der Waals surface area contributed by atoms with E-state index in [9.17, 15) is 0 Å². The lowest BCUT2D eigenvalue weighted by atomic mass is 9.74. The molecule has 0 fully saturated rings. The zero-order chi connectivity index (χ0) is 49.7. The van der Waals surface area contributed by atoms with E-state index >= 15 is 0 Å². The first-order valence-electron chi connectivity index (χ1n) is 24.7. The van der Waals surface area contributed by atoms with Crippen LogP contribution >= 0.6 is 0 Å². The van der Waals surface area contributed by atoms with Gasteiger partial charge in [0.1, 0.15) is 0 Å². The van der Waals surface area contributed by atoms with Crippen LogP contribution in [0.4, 0.5) is 0 Å². The summed E-state index contributed by atoms with van der Waals surface area (Å²) in [6, 6.07) is 97.4. The predicted octanol–water partition coefficient (Wildman–Crippen LogP) is 17.3. The summed E-state index contributed by atoms with van der Waals surface area (Å²) in [5, 5.41) is 0. The van der Waals surface area contributed by atoms with Crippen LogP contribution in [0.3, 0.4) is 0 Å². The minimum absolute atomic E-state index is 0.935. The van der Waals surface area contributed by atoms with Gasteiger partial charge < -0.3 is 0 Å². The molecule has 11 aromatic carbocycles. The molecule has 0 radical (unpaired) electrons. The third-order valence-corrected chi connectivity index (χ3v) is 12.8. The molecule has 342 valence electrons. The average molecular weight is 935 g/mol. The maximum atomic E-state index is 3.43. The molecule has 0 nitrogen and oxygen atoms in total. The monoisotopic (exact) mass is 934 g/mol. The van der Waals surface area contributed by atoms with E-state index in [-0.39, 0.29) is 0 Å². The molecule has 0 saturated carbocycles. The molecule has 0 aliphatic heterocycles. The number of rotatable bonds is 6. The predicted molar refractivity (Wildman–Crippen MR) is 309 cm³/mol. The molecule has 11 aromatic rings. The average Bonchev–Trinajstić information content (AvgIpc) is 3.48. The van der Waals surface area contributed by atoms with Gasteiger partial charge in [-0.25, -0.2) is 0 Å². The van der Waals surface area contributed by atoms with Crippen LogP contribution in [0.5, 0.6) is 0 Å². The van der Waals surface area contributed by atoms with Crippen molar-refractivity contribution in [3.8, 4) is 114 Å². The van der Waals surface area contributed by atoms with Crippen molar-refractivity contribution in [1.82, 2.24) is 0 Å². The van der Waals surface area contributed by atoms with E-state index < -0.39 is 0 Å². The summed E-state index contributed by atoms with van der Waals surface area (Å²) in [6.07, 6.45) is 0. The van der Waals surface area contributed by atoms with Crippen molar-refractivity contribution >= 4 is 0 Å². The van der Waals surface area contributed by atoms with Gasteiger partial charge in [0.05, 0.1) is 0 Å². The largest absolute Gasteiger partial charge is 0.0622 e. The maximum Gasteiger partial charge on any atom is 0.0249 e. The van der Waals surface area contributed by atoms with Gasteiger partial charge in [-0.05, 0) is 164 Å². The van der Waals surface area contributed by atoms with Crippen LogP contribution in [0.15, 0.2) is 279 Å². The smallest absolute Gasteiger partial charge is 0.0249 e. The molecule has 0 spiro atoms. The lowest BCUT2D eigenvalue weighted by Crippen LogP contribution is -2.02. The van der Waals surface area contributed by atoms with E-state index in [0.717, 1.165) is 111 Å². The molecule has 0 aliphatic carbocycles. The Morgan fingerprint density at radius 2 is 0.257 bits per heavy atom. The number of hydrogen-bond donors (Lipinski definition) is 0. The van der Waals surface area contributed by atoms with Crippen molar-refractivity contribution < 1.29 is 0 Å². The molecule has 11 rings (SSSR count). The topological polar surface area (TPSA) is 0 Å². The summed E-state index contributed by atoms with van der Waals surface area (Å²) in [5.41, 5.74) is 20.8. The zero-order valence-electron chi connectivity index (χ0n) is 40.6. The van der Waals surface area contributed by atoms with E-state index in [0.29, 0.717) is 0 Å². The lowest BCUT2D eigenvalue weighted by Gasteiger charge is -2.29. The summed E-state index contributed by atoms with van der Waals surface area (Å²) in [7, 11) is 0. The Kier molecular flexibility index (Phi) is 13.8. The zero-order valence-corrected chi connectivity index (χ0v) is 40.6. The van der Waals surface area contributed by atoms with E-state index in [2.05, 4.69) is 205 Å². The quantitative estimate of drug-likeness (QED) is 0.146. The highest BCUT2D eigenvalue weighted by Crippen LogP contribution is 2.56. The normalized spacial score (nSPS) is 10.3. The molecule has 0 bridgehead atoms. The highest BCUT2D eigenvalue weighted by atomic mass is 14.3. The van der Waals surface area contributed by atoms with Crippen LogP contribution in [0.1, 0.15) is 44.5 Å². The van der Waals surface area contributed by atoms with Crippen LogP contribution in [-0.2, 0) is 0 Å². The number of hydrogen-bond acceptors (Lipinski definition) is 0. The molecule has 0 aliphatic rings. The molecule has 0 atom stereocenters. The second kappa shape index (κ2) is 22.2. The Labute approximate surface area is 435 Å². The van der Waals surface area contributed by atoms with Gasteiger partial charge in [-0.3, -0.25) is 0 Å². The SMILES string of the molecule is C(#Cc1ccc(-c2c(-c3ccccc3)c(-c3ccc(C#Cc4ccccc4)cc3)c(-c3ccc(C#Cc4ccccc4)cc3)c(-c3ccccc3)c2-c2ccc(C#Cc3ccccc3)cc2)cc1)c1ccccc1. The fourth-order valence-electron chi connectivity index (χ4n) is 9.24. The summed E-state index contributed by atoms with van der Waals surface area (Å²) < 4.78 is 0. The summed E-state index contributed by atoms with van der Waals surface area (Å²) in [4.78, 5) is 0. The molecule has 0 aromatic heterocycles. The van der Waals surface area contributed by atoms with Crippen molar-refractivity contribution in [3.63, 3.8) is 0 Å². The minimum Gasteiger partial charge on any atom is -0.0622 e. The van der Waals surface area contributed by atoms with Gasteiger partial charge in [0, 0.05) is 44.5 Å². The van der Waals surface area contributed by atoms with Crippen LogP contribution in [-0.4, -0.2) is 0 Å². The molecule has 0 heterocycles. The van der Waals surface area contributed by atoms with Gasteiger partial charge in [-0.1, -0.05) is 229 Å². The standard InChI is InChI=1S/C74H46/c1-7-19-55(20-8-1)31-35-59-39-47-65(48-40-59)71-69(63-27-15-5-16-28-63)73(67-51-43-61(44-52-67)37-33-57-23-11-3-12-24-57)74(68-53-45-62(46-54-68)38-34-58-25-13-4-14-26-58)70(64-29-17-6-18-30-64)72(71)66-49-41-60(42-50-66)36-32-56-21-9-2-10-22-56/h1-30,39-54H. The van der Waals surface area contributed by atoms with Crippen molar-refractivity contribution in [2.45, 2.75) is 0 Å². The van der Waals surface area contributed by atoms with Crippen molar-refractivity contribution in [3.05, 3.63) is 324 Å². The Hall–Kier alpha value is -10.3. The molecule has 74 heavy (non-hydrogen) atoms. The Bertz CT molecular complexity index is 3470. The van der Waals surface area contributed by atoms with E-state index in [4.69, 9.17) is 0 Å². The summed E-state index contributed by atoms with van der Waals surface area (Å²) >= 11 is 0.